The number of nitrogens with one attached hydrogen (secondary N) is 1. The van der Waals surface area contributed by atoms with E-state index in [1.165, 1.54) is 0 Å². The minimum atomic E-state index is 0.163. The summed E-state index contributed by atoms with van der Waals surface area (Å²) in [5, 5.41) is 7.92. The third-order valence-electron chi connectivity index (χ3n) is 5.16. The zero-order valence-electron chi connectivity index (χ0n) is 15.7. The first kappa shape index (κ1) is 18.5. The topological polar surface area (TPSA) is 72.5 Å². The van der Waals surface area contributed by atoms with Crippen LogP contribution in [0.1, 0.15) is 36.1 Å². The average Bonchev–Trinajstić information content (AvgIpc) is 3.19. The zero-order valence-corrected chi connectivity index (χ0v) is 16.5. The van der Waals surface area contributed by atoms with Crippen LogP contribution in [0.5, 0.6) is 11.5 Å². The standard InChI is InChI=1S/C19H25ClN4O3/c1-12-21-19(23-22-12)16-10-14(25-2)11-24(16)5-4-13-8-15(20)18-17(9-13)26-6-3-7-27-18/h8-9,14,16H,3-7,10-11H2,1-2H3,(H,21,22,23)/t14-,16+/m1/s1. The van der Waals surface area contributed by atoms with Crippen LogP contribution in [0.2, 0.25) is 5.02 Å². The van der Waals surface area contributed by atoms with Crippen LogP contribution in [0.25, 0.3) is 0 Å². The van der Waals surface area contributed by atoms with Gasteiger partial charge in [0.25, 0.3) is 0 Å². The molecule has 0 saturated carbocycles. The number of hydrogen-bond donors (Lipinski definition) is 1. The van der Waals surface area contributed by atoms with Gasteiger partial charge in [0, 0.05) is 26.6 Å². The minimum absolute atomic E-state index is 0.163. The fourth-order valence-electron chi connectivity index (χ4n) is 3.76. The maximum atomic E-state index is 6.43. The molecule has 0 unspecified atom stereocenters. The first-order valence-electron chi connectivity index (χ1n) is 9.38. The van der Waals surface area contributed by atoms with E-state index in [1.54, 1.807) is 7.11 Å². The Kier molecular flexibility index (Phi) is 5.52. The van der Waals surface area contributed by atoms with Crippen LogP contribution in [0.3, 0.4) is 0 Å². The van der Waals surface area contributed by atoms with Crippen LogP contribution >= 0.6 is 11.6 Å². The molecule has 1 aromatic carbocycles. The molecule has 0 radical (unpaired) electrons. The fourth-order valence-corrected chi connectivity index (χ4v) is 4.05. The molecule has 0 amide bonds. The maximum absolute atomic E-state index is 6.43. The van der Waals surface area contributed by atoms with Crippen LogP contribution in [-0.2, 0) is 11.2 Å². The molecule has 0 aliphatic carbocycles. The lowest BCUT2D eigenvalue weighted by molar-refractivity contribution is 0.108. The summed E-state index contributed by atoms with van der Waals surface area (Å²) in [5.41, 5.74) is 1.13. The molecule has 1 N–H and O–H groups in total. The SMILES string of the molecule is CO[C@@H]1C[C@@H](c2n[nH]c(C)n2)N(CCc2cc(Cl)c3c(c2)OCCCO3)C1. The summed E-state index contributed by atoms with van der Waals surface area (Å²) < 4.78 is 17.1. The summed E-state index contributed by atoms with van der Waals surface area (Å²) in [6, 6.07) is 4.18. The molecule has 3 heterocycles. The van der Waals surface area contributed by atoms with Crippen molar-refractivity contribution >= 4 is 11.6 Å². The Morgan fingerprint density at radius 1 is 1.33 bits per heavy atom. The molecule has 1 saturated heterocycles. The van der Waals surface area contributed by atoms with Gasteiger partial charge in [-0.1, -0.05) is 11.6 Å². The number of aromatic nitrogens is 3. The highest BCUT2D eigenvalue weighted by atomic mass is 35.5. The zero-order chi connectivity index (χ0) is 18.8. The highest BCUT2D eigenvalue weighted by molar-refractivity contribution is 6.32. The Hall–Kier alpha value is -1.83. The molecule has 7 nitrogen and oxygen atoms in total. The first-order chi connectivity index (χ1) is 13.1. The van der Waals surface area contributed by atoms with Gasteiger partial charge in [0.1, 0.15) is 5.82 Å². The second-order valence-corrected chi connectivity index (χ2v) is 7.50. The number of benzene rings is 1. The molecule has 2 aromatic rings. The smallest absolute Gasteiger partial charge is 0.179 e. The number of fused-ring (bicyclic) bond motifs is 1. The molecular formula is C19H25ClN4O3. The number of nitrogens with zero attached hydrogens (tertiary/aromatic N) is 3. The van der Waals surface area contributed by atoms with E-state index in [4.69, 9.17) is 25.8 Å². The Balaban J connectivity index is 1.48. The molecule has 1 fully saturated rings. The number of aryl methyl sites for hydroxylation is 1. The highest BCUT2D eigenvalue weighted by Gasteiger charge is 2.35. The van der Waals surface area contributed by atoms with E-state index in [2.05, 4.69) is 20.1 Å². The lowest BCUT2D eigenvalue weighted by Gasteiger charge is -2.22. The molecule has 0 bridgehead atoms. The Morgan fingerprint density at radius 3 is 2.96 bits per heavy atom. The Labute approximate surface area is 164 Å². The van der Waals surface area contributed by atoms with Crippen LogP contribution in [-0.4, -0.2) is 59.6 Å². The fraction of sp³-hybridized carbons (Fsp3) is 0.579. The summed E-state index contributed by atoms with van der Waals surface area (Å²) in [6.07, 6.45) is 2.81. The van der Waals surface area contributed by atoms with Gasteiger partial charge in [0.15, 0.2) is 17.3 Å². The lowest BCUT2D eigenvalue weighted by atomic mass is 10.1. The molecule has 2 aliphatic heterocycles. The molecule has 2 aliphatic rings. The van der Waals surface area contributed by atoms with Gasteiger partial charge in [-0.3, -0.25) is 10.00 Å². The second-order valence-electron chi connectivity index (χ2n) is 7.09. The van der Waals surface area contributed by atoms with E-state index in [0.29, 0.717) is 24.0 Å². The number of halogens is 1. The predicted molar refractivity (Wildman–Crippen MR) is 102 cm³/mol. The van der Waals surface area contributed by atoms with Crippen molar-refractivity contribution in [3.05, 3.63) is 34.4 Å². The van der Waals surface area contributed by atoms with E-state index >= 15 is 0 Å². The number of likely N-dealkylation sites (tertiary alicyclic amines) is 1. The summed E-state index contributed by atoms with van der Waals surface area (Å²) in [6.45, 7) is 4.95. The molecule has 8 heteroatoms. The average molecular weight is 393 g/mol. The highest BCUT2D eigenvalue weighted by Crippen LogP contribution is 2.38. The minimum Gasteiger partial charge on any atom is -0.489 e. The maximum Gasteiger partial charge on any atom is 0.179 e. The van der Waals surface area contributed by atoms with Gasteiger partial charge in [-0.2, -0.15) is 5.10 Å². The van der Waals surface area contributed by atoms with Gasteiger partial charge in [-0.25, -0.2) is 4.98 Å². The second kappa shape index (κ2) is 8.04. The molecule has 0 spiro atoms. The van der Waals surface area contributed by atoms with Crippen LogP contribution in [0, 0.1) is 6.92 Å². The quantitative estimate of drug-likeness (QED) is 0.843. The largest absolute Gasteiger partial charge is 0.489 e. The molecule has 1 aromatic heterocycles. The number of methoxy groups -OCH3 is 1. The summed E-state index contributed by atoms with van der Waals surface area (Å²) >= 11 is 6.43. The van der Waals surface area contributed by atoms with Crippen LogP contribution in [0.4, 0.5) is 0 Å². The molecule has 146 valence electrons. The molecule has 27 heavy (non-hydrogen) atoms. The van der Waals surface area contributed by atoms with Gasteiger partial charge in [-0.05, 0) is 37.5 Å². The van der Waals surface area contributed by atoms with Crippen molar-refractivity contribution in [2.45, 2.75) is 38.3 Å². The van der Waals surface area contributed by atoms with E-state index in [9.17, 15) is 0 Å². The normalized spacial score (nSPS) is 22.8. The van der Waals surface area contributed by atoms with Crippen molar-refractivity contribution in [2.24, 2.45) is 0 Å². The first-order valence-corrected chi connectivity index (χ1v) is 9.75. The number of rotatable bonds is 5. The van der Waals surface area contributed by atoms with E-state index in [1.807, 2.05) is 19.1 Å². The molecule has 4 rings (SSSR count). The van der Waals surface area contributed by atoms with Gasteiger partial charge < -0.3 is 14.2 Å². The van der Waals surface area contributed by atoms with E-state index in [-0.39, 0.29) is 12.1 Å². The van der Waals surface area contributed by atoms with Crippen molar-refractivity contribution in [1.82, 2.24) is 20.1 Å². The van der Waals surface area contributed by atoms with E-state index < -0.39 is 0 Å². The molecular weight excluding hydrogens is 368 g/mol. The van der Waals surface area contributed by atoms with E-state index in [0.717, 1.165) is 55.3 Å². The van der Waals surface area contributed by atoms with Gasteiger partial charge in [0.2, 0.25) is 0 Å². The summed E-state index contributed by atoms with van der Waals surface area (Å²) in [4.78, 5) is 6.91. The predicted octanol–water partition coefficient (Wildman–Crippen LogP) is 2.93. The number of ether oxygens (including phenoxy) is 3. The van der Waals surface area contributed by atoms with Crippen LogP contribution < -0.4 is 9.47 Å². The third kappa shape index (κ3) is 4.05. The Bertz CT molecular complexity index is 797. The van der Waals surface area contributed by atoms with Crippen LogP contribution in [0.15, 0.2) is 12.1 Å². The monoisotopic (exact) mass is 392 g/mol. The van der Waals surface area contributed by atoms with Gasteiger partial charge in [0.05, 0.1) is 30.4 Å². The third-order valence-corrected chi connectivity index (χ3v) is 5.44. The lowest BCUT2D eigenvalue weighted by Crippen LogP contribution is -2.28. The Morgan fingerprint density at radius 2 is 2.19 bits per heavy atom. The van der Waals surface area contributed by atoms with Crippen molar-refractivity contribution in [1.29, 1.82) is 0 Å². The molecule has 2 atom stereocenters. The van der Waals surface area contributed by atoms with Gasteiger partial charge in [-0.15, -0.1) is 0 Å². The van der Waals surface area contributed by atoms with Gasteiger partial charge >= 0.3 is 0 Å². The van der Waals surface area contributed by atoms with Crippen molar-refractivity contribution in [3.63, 3.8) is 0 Å². The van der Waals surface area contributed by atoms with Crippen molar-refractivity contribution in [2.75, 3.05) is 33.4 Å². The number of hydrogen-bond acceptors (Lipinski definition) is 6. The summed E-state index contributed by atoms with van der Waals surface area (Å²) in [7, 11) is 1.76. The number of aromatic amines is 1. The summed E-state index contributed by atoms with van der Waals surface area (Å²) in [5.74, 6) is 3.07. The van der Waals surface area contributed by atoms with Crippen molar-refractivity contribution < 1.29 is 14.2 Å². The number of H-pyrrole nitrogens is 1. The van der Waals surface area contributed by atoms with Crippen molar-refractivity contribution in [3.8, 4) is 11.5 Å².